The lowest BCUT2D eigenvalue weighted by Crippen LogP contribution is -2.35. The summed E-state index contributed by atoms with van der Waals surface area (Å²) in [5.41, 5.74) is -0.657. The molecule has 0 spiro atoms. The van der Waals surface area contributed by atoms with E-state index < -0.39 is 17.6 Å². The van der Waals surface area contributed by atoms with Crippen LogP contribution >= 0.6 is 0 Å². The largest absolute Gasteiger partial charge is 0.461 e. The van der Waals surface area contributed by atoms with Crippen molar-refractivity contribution in [1.29, 1.82) is 0 Å². The normalized spacial score (nSPS) is 14.9. The highest BCUT2D eigenvalue weighted by Crippen LogP contribution is 2.33. The Bertz CT molecular complexity index is 1060. The minimum atomic E-state index is -4.75. The molecule has 0 bridgehead atoms. The molecule has 3 heterocycles. The molecule has 0 fully saturated rings. The van der Waals surface area contributed by atoms with Gasteiger partial charge in [0.25, 0.3) is 5.56 Å². The molecule has 0 amide bonds. The van der Waals surface area contributed by atoms with Crippen molar-refractivity contribution in [2.45, 2.75) is 25.7 Å². The summed E-state index contributed by atoms with van der Waals surface area (Å²) in [5.74, 6) is -0.513. The Labute approximate surface area is 156 Å². The average molecular weight is 393 g/mol. The summed E-state index contributed by atoms with van der Waals surface area (Å²) in [6.45, 7) is 0.580. The van der Waals surface area contributed by atoms with Crippen LogP contribution in [-0.4, -0.2) is 21.4 Å². The van der Waals surface area contributed by atoms with Crippen LogP contribution < -0.4 is 5.56 Å². The SMILES string of the molecule is O=c1[nH]c(-c2ccco2)nc2c1CN(Cc1cccc(C(F)(F)F)c1F)CC2. The molecule has 9 heteroatoms. The molecule has 4 rings (SSSR count). The first kappa shape index (κ1) is 18.4. The molecule has 0 radical (unpaired) electrons. The first-order chi connectivity index (χ1) is 13.3. The van der Waals surface area contributed by atoms with Gasteiger partial charge in [-0.3, -0.25) is 9.69 Å². The molecular formula is C19H15F4N3O2. The summed E-state index contributed by atoms with van der Waals surface area (Å²) in [6.07, 6.45) is -2.86. The number of hydrogen-bond donors (Lipinski definition) is 1. The van der Waals surface area contributed by atoms with E-state index in [1.807, 2.05) is 0 Å². The van der Waals surface area contributed by atoms with E-state index in [0.29, 0.717) is 35.8 Å². The number of H-pyrrole nitrogens is 1. The monoisotopic (exact) mass is 393 g/mol. The summed E-state index contributed by atoms with van der Waals surface area (Å²) in [5, 5.41) is 0. The van der Waals surface area contributed by atoms with Gasteiger partial charge in [-0.2, -0.15) is 13.2 Å². The van der Waals surface area contributed by atoms with Crippen molar-refractivity contribution in [3.05, 3.63) is 75.2 Å². The third kappa shape index (κ3) is 3.45. The lowest BCUT2D eigenvalue weighted by atomic mass is 10.0. The standard InChI is InChI=1S/C19H15F4N3O2/c20-16-11(3-1-4-13(16)19(21,22)23)9-26-7-6-14-12(10-26)18(27)25-17(24-14)15-5-2-8-28-15/h1-5,8H,6-7,9-10H2,(H,24,25,27). The summed E-state index contributed by atoms with van der Waals surface area (Å²) >= 11 is 0. The fourth-order valence-corrected chi connectivity index (χ4v) is 3.31. The maximum absolute atomic E-state index is 14.3. The minimum absolute atomic E-state index is 0.0332. The van der Waals surface area contributed by atoms with E-state index in [0.717, 1.165) is 6.07 Å². The van der Waals surface area contributed by atoms with Gasteiger partial charge >= 0.3 is 6.18 Å². The molecule has 1 aromatic carbocycles. The molecule has 0 saturated carbocycles. The number of furan rings is 1. The number of benzene rings is 1. The number of alkyl halides is 3. The van der Waals surface area contributed by atoms with Crippen LogP contribution in [0.3, 0.4) is 0 Å². The first-order valence-electron chi connectivity index (χ1n) is 8.56. The van der Waals surface area contributed by atoms with Gasteiger partial charge in [0, 0.05) is 31.6 Å². The van der Waals surface area contributed by atoms with Crippen LogP contribution in [0.4, 0.5) is 17.6 Å². The van der Waals surface area contributed by atoms with Gasteiger partial charge in [0.2, 0.25) is 0 Å². The van der Waals surface area contributed by atoms with Crippen LogP contribution in [0.5, 0.6) is 0 Å². The lowest BCUT2D eigenvalue weighted by molar-refractivity contribution is -0.140. The number of aromatic amines is 1. The zero-order chi connectivity index (χ0) is 19.9. The number of aromatic nitrogens is 2. The summed E-state index contributed by atoms with van der Waals surface area (Å²) in [4.78, 5) is 21.2. The van der Waals surface area contributed by atoms with Crippen molar-refractivity contribution in [1.82, 2.24) is 14.9 Å². The topological polar surface area (TPSA) is 62.1 Å². The van der Waals surface area contributed by atoms with E-state index in [1.54, 1.807) is 17.0 Å². The van der Waals surface area contributed by atoms with E-state index in [4.69, 9.17) is 4.42 Å². The molecule has 0 unspecified atom stereocenters. The van der Waals surface area contributed by atoms with Crippen LogP contribution in [0, 0.1) is 5.82 Å². The lowest BCUT2D eigenvalue weighted by Gasteiger charge is -2.28. The molecule has 28 heavy (non-hydrogen) atoms. The number of rotatable bonds is 3. The first-order valence-corrected chi connectivity index (χ1v) is 8.56. The highest BCUT2D eigenvalue weighted by atomic mass is 19.4. The van der Waals surface area contributed by atoms with Crippen LogP contribution in [0.15, 0.2) is 45.8 Å². The fraction of sp³-hybridized carbons (Fsp3) is 0.263. The van der Waals surface area contributed by atoms with Gasteiger partial charge in [0.1, 0.15) is 5.82 Å². The molecule has 1 aliphatic rings. The Morgan fingerprint density at radius 3 is 2.75 bits per heavy atom. The van der Waals surface area contributed by atoms with Gasteiger partial charge in [-0.1, -0.05) is 12.1 Å². The quantitative estimate of drug-likeness (QED) is 0.689. The van der Waals surface area contributed by atoms with Crippen molar-refractivity contribution in [3.8, 4) is 11.6 Å². The Morgan fingerprint density at radius 1 is 1.21 bits per heavy atom. The zero-order valence-corrected chi connectivity index (χ0v) is 14.5. The fourth-order valence-electron chi connectivity index (χ4n) is 3.31. The van der Waals surface area contributed by atoms with Crippen LogP contribution in [0.2, 0.25) is 0 Å². The van der Waals surface area contributed by atoms with E-state index >= 15 is 0 Å². The molecule has 0 saturated heterocycles. The molecular weight excluding hydrogens is 378 g/mol. The predicted molar refractivity (Wildman–Crippen MR) is 91.8 cm³/mol. The highest BCUT2D eigenvalue weighted by Gasteiger charge is 2.35. The van der Waals surface area contributed by atoms with Crippen molar-refractivity contribution in [2.24, 2.45) is 0 Å². The van der Waals surface area contributed by atoms with E-state index in [9.17, 15) is 22.4 Å². The molecule has 0 aliphatic carbocycles. The predicted octanol–water partition coefficient (Wildman–Crippen LogP) is 3.75. The minimum Gasteiger partial charge on any atom is -0.461 e. The Balaban J connectivity index is 1.58. The summed E-state index contributed by atoms with van der Waals surface area (Å²) in [7, 11) is 0. The van der Waals surface area contributed by atoms with E-state index in [2.05, 4.69) is 9.97 Å². The van der Waals surface area contributed by atoms with E-state index in [-0.39, 0.29) is 24.2 Å². The molecule has 146 valence electrons. The molecule has 1 N–H and O–H groups in total. The number of hydrogen-bond acceptors (Lipinski definition) is 4. The van der Waals surface area contributed by atoms with Gasteiger partial charge in [0.15, 0.2) is 11.6 Å². The maximum atomic E-state index is 14.3. The van der Waals surface area contributed by atoms with E-state index in [1.165, 1.54) is 18.4 Å². The highest BCUT2D eigenvalue weighted by molar-refractivity contribution is 5.47. The van der Waals surface area contributed by atoms with Crippen LogP contribution in [0.25, 0.3) is 11.6 Å². The van der Waals surface area contributed by atoms with Crippen LogP contribution in [-0.2, 0) is 25.7 Å². The van der Waals surface area contributed by atoms with Crippen LogP contribution in [0.1, 0.15) is 22.4 Å². The van der Waals surface area contributed by atoms with Gasteiger partial charge in [0.05, 0.1) is 23.1 Å². The molecule has 5 nitrogen and oxygen atoms in total. The molecule has 3 aromatic rings. The Morgan fingerprint density at radius 2 is 2.04 bits per heavy atom. The molecule has 2 aromatic heterocycles. The second kappa shape index (κ2) is 6.90. The summed E-state index contributed by atoms with van der Waals surface area (Å²) in [6, 6.07) is 6.58. The number of fused-ring (bicyclic) bond motifs is 1. The third-order valence-electron chi connectivity index (χ3n) is 4.68. The summed E-state index contributed by atoms with van der Waals surface area (Å²) < 4.78 is 58.2. The Kier molecular flexibility index (Phi) is 4.54. The smallest absolute Gasteiger partial charge is 0.419 e. The van der Waals surface area contributed by atoms with Crippen molar-refractivity contribution in [2.75, 3.05) is 6.54 Å². The molecule has 0 atom stereocenters. The van der Waals surface area contributed by atoms with Gasteiger partial charge in [-0.25, -0.2) is 9.37 Å². The number of nitrogens with one attached hydrogen (secondary N) is 1. The Hall–Kier alpha value is -2.94. The average Bonchev–Trinajstić information content (AvgIpc) is 3.17. The van der Waals surface area contributed by atoms with Crippen molar-refractivity contribution >= 4 is 0 Å². The van der Waals surface area contributed by atoms with Crippen molar-refractivity contribution < 1.29 is 22.0 Å². The second-order valence-corrected chi connectivity index (χ2v) is 6.55. The zero-order valence-electron chi connectivity index (χ0n) is 14.5. The van der Waals surface area contributed by atoms with Gasteiger partial charge in [-0.05, 0) is 18.2 Å². The second-order valence-electron chi connectivity index (χ2n) is 6.55. The van der Waals surface area contributed by atoms with Crippen molar-refractivity contribution in [3.63, 3.8) is 0 Å². The third-order valence-corrected chi connectivity index (χ3v) is 4.68. The molecule has 1 aliphatic heterocycles. The number of nitrogens with zero attached hydrogens (tertiary/aromatic N) is 2. The number of halogens is 4. The van der Waals surface area contributed by atoms with Gasteiger partial charge in [-0.15, -0.1) is 0 Å². The van der Waals surface area contributed by atoms with Gasteiger partial charge < -0.3 is 9.40 Å². The maximum Gasteiger partial charge on any atom is 0.419 e.